The number of benzene rings is 2. The fourth-order valence-electron chi connectivity index (χ4n) is 2.17. The Balaban J connectivity index is 2.17. The molecule has 0 saturated carbocycles. The Bertz CT molecular complexity index is 742. The highest BCUT2D eigenvalue weighted by Gasteiger charge is 2.15. The summed E-state index contributed by atoms with van der Waals surface area (Å²) in [4.78, 5) is 0. The van der Waals surface area contributed by atoms with Gasteiger partial charge in [-0.2, -0.15) is 0 Å². The van der Waals surface area contributed by atoms with Crippen molar-refractivity contribution >= 4 is 34.8 Å². The Morgan fingerprint density at radius 2 is 1.72 bits per heavy atom. The molecule has 0 aliphatic rings. The molecule has 0 radical (unpaired) electrons. The van der Waals surface area contributed by atoms with Crippen LogP contribution in [0.3, 0.4) is 0 Å². The molecule has 3 nitrogen and oxygen atoms in total. The van der Waals surface area contributed by atoms with E-state index in [-0.39, 0.29) is 12.1 Å². The van der Waals surface area contributed by atoms with Crippen molar-refractivity contribution in [1.29, 1.82) is 0 Å². The molecular formula is C19H22Cl3NO2. The number of hydrogen-bond acceptors (Lipinski definition) is 3. The summed E-state index contributed by atoms with van der Waals surface area (Å²) in [5.74, 6) is 1.08. The van der Waals surface area contributed by atoms with Gasteiger partial charge in [-0.1, -0.05) is 40.9 Å². The summed E-state index contributed by atoms with van der Waals surface area (Å²) < 4.78 is 11.3. The van der Waals surface area contributed by atoms with Crippen molar-refractivity contribution in [3.63, 3.8) is 0 Å². The molecule has 0 fully saturated rings. The van der Waals surface area contributed by atoms with E-state index in [2.05, 4.69) is 26.1 Å². The Labute approximate surface area is 164 Å². The van der Waals surface area contributed by atoms with Gasteiger partial charge in [-0.15, -0.1) is 0 Å². The Kier molecular flexibility index (Phi) is 6.86. The maximum atomic E-state index is 6.41. The second-order valence-corrected chi connectivity index (χ2v) is 7.99. The first-order valence-corrected chi connectivity index (χ1v) is 9.01. The van der Waals surface area contributed by atoms with Crippen LogP contribution in [-0.2, 0) is 13.2 Å². The molecular weight excluding hydrogens is 381 g/mol. The van der Waals surface area contributed by atoms with Gasteiger partial charge in [0.1, 0.15) is 6.61 Å². The minimum absolute atomic E-state index is 0.0141. The van der Waals surface area contributed by atoms with Gasteiger partial charge >= 0.3 is 0 Å². The van der Waals surface area contributed by atoms with Crippen molar-refractivity contribution in [2.45, 2.75) is 39.5 Å². The maximum absolute atomic E-state index is 6.41. The first kappa shape index (κ1) is 20.2. The topological polar surface area (TPSA) is 30.5 Å². The van der Waals surface area contributed by atoms with E-state index in [0.717, 1.165) is 11.1 Å². The molecule has 136 valence electrons. The fraction of sp³-hybridized carbons (Fsp3) is 0.368. The van der Waals surface area contributed by atoms with Crippen LogP contribution in [0.5, 0.6) is 11.5 Å². The largest absolute Gasteiger partial charge is 0.493 e. The molecule has 0 spiro atoms. The third-order valence-corrected chi connectivity index (χ3v) is 4.37. The number of hydrogen-bond donors (Lipinski definition) is 1. The van der Waals surface area contributed by atoms with E-state index < -0.39 is 0 Å². The molecule has 0 saturated heterocycles. The van der Waals surface area contributed by atoms with Gasteiger partial charge in [-0.3, -0.25) is 0 Å². The average molecular weight is 403 g/mol. The molecule has 2 aromatic carbocycles. The Morgan fingerprint density at radius 1 is 1.00 bits per heavy atom. The van der Waals surface area contributed by atoms with Crippen LogP contribution in [0, 0.1) is 0 Å². The quantitative estimate of drug-likeness (QED) is 0.631. The SMILES string of the molecule is COc1cc(CNC(C)(C)C)cc(Cl)c1OCc1ccc(Cl)cc1Cl. The summed E-state index contributed by atoms with van der Waals surface area (Å²) in [5, 5.41) is 5.05. The highest BCUT2D eigenvalue weighted by Crippen LogP contribution is 2.37. The lowest BCUT2D eigenvalue weighted by Gasteiger charge is -2.21. The van der Waals surface area contributed by atoms with E-state index in [1.807, 2.05) is 18.2 Å². The van der Waals surface area contributed by atoms with Gasteiger partial charge in [0, 0.05) is 27.7 Å². The lowest BCUT2D eigenvalue weighted by atomic mass is 10.1. The third kappa shape index (κ3) is 5.96. The van der Waals surface area contributed by atoms with Crippen molar-refractivity contribution < 1.29 is 9.47 Å². The van der Waals surface area contributed by atoms with Crippen LogP contribution in [0.2, 0.25) is 15.1 Å². The summed E-state index contributed by atoms with van der Waals surface area (Å²) in [7, 11) is 1.59. The fourth-order valence-corrected chi connectivity index (χ4v) is 2.92. The predicted molar refractivity (Wildman–Crippen MR) is 105 cm³/mol. The van der Waals surface area contributed by atoms with Crippen molar-refractivity contribution in [3.8, 4) is 11.5 Å². The monoisotopic (exact) mass is 401 g/mol. The van der Waals surface area contributed by atoms with Gasteiger partial charge in [0.05, 0.1) is 12.1 Å². The van der Waals surface area contributed by atoms with Gasteiger partial charge in [0.25, 0.3) is 0 Å². The second-order valence-electron chi connectivity index (χ2n) is 6.74. The number of rotatable bonds is 6. The van der Waals surface area contributed by atoms with Crippen molar-refractivity contribution in [2.24, 2.45) is 0 Å². The molecule has 0 heterocycles. The molecule has 0 bridgehead atoms. The summed E-state index contributed by atoms with van der Waals surface area (Å²) in [6, 6.07) is 9.08. The zero-order chi connectivity index (χ0) is 18.6. The van der Waals surface area contributed by atoms with Gasteiger partial charge in [-0.05, 0) is 50.6 Å². The Hall–Kier alpha value is -1.13. The lowest BCUT2D eigenvalue weighted by Crippen LogP contribution is -2.35. The zero-order valence-electron chi connectivity index (χ0n) is 14.8. The first-order valence-electron chi connectivity index (χ1n) is 7.88. The molecule has 0 aromatic heterocycles. The summed E-state index contributed by atoms with van der Waals surface area (Å²) >= 11 is 18.5. The molecule has 0 aliphatic heterocycles. The van der Waals surface area contributed by atoms with Crippen molar-refractivity contribution in [1.82, 2.24) is 5.32 Å². The van der Waals surface area contributed by atoms with Crippen LogP contribution in [0.15, 0.2) is 30.3 Å². The van der Waals surface area contributed by atoms with Gasteiger partial charge < -0.3 is 14.8 Å². The molecule has 0 unspecified atom stereocenters. The molecule has 2 rings (SSSR count). The summed E-state index contributed by atoms with van der Waals surface area (Å²) in [5.41, 5.74) is 1.86. The van der Waals surface area contributed by atoms with Gasteiger partial charge in [-0.25, -0.2) is 0 Å². The molecule has 1 N–H and O–H groups in total. The van der Waals surface area contributed by atoms with E-state index >= 15 is 0 Å². The second kappa shape index (κ2) is 8.50. The summed E-state index contributed by atoms with van der Waals surface area (Å²) in [6.07, 6.45) is 0. The number of halogens is 3. The van der Waals surface area contributed by atoms with E-state index in [0.29, 0.717) is 33.1 Å². The minimum atomic E-state index is 0.0141. The van der Waals surface area contributed by atoms with Crippen LogP contribution in [0.1, 0.15) is 31.9 Å². The van der Waals surface area contributed by atoms with Crippen LogP contribution >= 0.6 is 34.8 Å². The van der Waals surface area contributed by atoms with Crippen LogP contribution in [0.4, 0.5) is 0 Å². The Morgan fingerprint density at radius 3 is 2.32 bits per heavy atom. The van der Waals surface area contributed by atoms with E-state index in [1.54, 1.807) is 19.2 Å². The van der Waals surface area contributed by atoms with Crippen LogP contribution in [0.25, 0.3) is 0 Å². The lowest BCUT2D eigenvalue weighted by molar-refractivity contribution is 0.284. The van der Waals surface area contributed by atoms with Crippen molar-refractivity contribution in [3.05, 3.63) is 56.5 Å². The standard InChI is InChI=1S/C19H22Cl3NO2/c1-19(2,3)23-10-12-7-16(22)18(17(8-12)24-4)25-11-13-5-6-14(20)9-15(13)21/h5-9,23H,10-11H2,1-4H3. The minimum Gasteiger partial charge on any atom is -0.493 e. The van der Waals surface area contributed by atoms with E-state index in [9.17, 15) is 0 Å². The zero-order valence-corrected chi connectivity index (χ0v) is 17.0. The average Bonchev–Trinajstić information content (AvgIpc) is 2.52. The number of nitrogens with one attached hydrogen (secondary N) is 1. The first-order chi connectivity index (χ1) is 11.7. The third-order valence-electron chi connectivity index (χ3n) is 3.50. The molecule has 0 atom stereocenters. The van der Waals surface area contributed by atoms with E-state index in [4.69, 9.17) is 44.3 Å². The number of ether oxygens (including phenoxy) is 2. The normalized spacial score (nSPS) is 11.5. The van der Waals surface area contributed by atoms with Gasteiger partial charge in [0.15, 0.2) is 11.5 Å². The van der Waals surface area contributed by atoms with Crippen LogP contribution < -0.4 is 14.8 Å². The molecule has 0 aliphatic carbocycles. The molecule has 0 amide bonds. The highest BCUT2D eigenvalue weighted by molar-refractivity contribution is 6.35. The van der Waals surface area contributed by atoms with Crippen molar-refractivity contribution in [2.75, 3.05) is 7.11 Å². The van der Waals surface area contributed by atoms with E-state index in [1.165, 1.54) is 0 Å². The summed E-state index contributed by atoms with van der Waals surface area (Å²) in [6.45, 7) is 7.28. The predicted octanol–water partition coefficient (Wildman–Crippen LogP) is 6.12. The molecule has 6 heteroatoms. The highest BCUT2D eigenvalue weighted by atomic mass is 35.5. The van der Waals surface area contributed by atoms with Gasteiger partial charge in [0.2, 0.25) is 0 Å². The molecule has 25 heavy (non-hydrogen) atoms. The van der Waals surface area contributed by atoms with Crippen LogP contribution in [-0.4, -0.2) is 12.6 Å². The molecule has 2 aromatic rings. The number of methoxy groups -OCH3 is 1. The smallest absolute Gasteiger partial charge is 0.180 e. The maximum Gasteiger partial charge on any atom is 0.180 e.